The van der Waals surface area contributed by atoms with E-state index in [2.05, 4.69) is 0 Å². The standard InChI is InChI=1S/C8H11ClN2O3Si/c1-15(2,9)6-10-5-3-4-7(8(10)12)11(13)14/h3-5H,6H2,1-2H3. The van der Waals surface area contributed by atoms with E-state index in [4.69, 9.17) is 11.1 Å². The lowest BCUT2D eigenvalue weighted by Crippen LogP contribution is -2.32. The van der Waals surface area contributed by atoms with Crippen LogP contribution in [-0.4, -0.2) is 16.9 Å². The molecule has 0 radical (unpaired) electrons. The second-order valence-electron chi connectivity index (χ2n) is 3.80. The van der Waals surface area contributed by atoms with Crippen molar-refractivity contribution in [3.63, 3.8) is 0 Å². The quantitative estimate of drug-likeness (QED) is 0.353. The maximum absolute atomic E-state index is 11.6. The Morgan fingerprint density at radius 3 is 2.67 bits per heavy atom. The highest BCUT2D eigenvalue weighted by Gasteiger charge is 2.21. The van der Waals surface area contributed by atoms with Gasteiger partial charge in [0.25, 0.3) is 0 Å². The van der Waals surface area contributed by atoms with Crippen molar-refractivity contribution >= 4 is 24.2 Å². The Hall–Kier alpha value is -1.14. The van der Waals surface area contributed by atoms with Gasteiger partial charge in [0.05, 0.1) is 4.92 Å². The van der Waals surface area contributed by atoms with Crippen LogP contribution in [0.15, 0.2) is 23.1 Å². The first-order valence-corrected chi connectivity index (χ1v) is 8.56. The molecule has 0 unspecified atom stereocenters. The third-order valence-corrected chi connectivity index (χ3v) is 3.19. The van der Waals surface area contributed by atoms with Crippen molar-refractivity contribution in [2.45, 2.75) is 19.3 Å². The second-order valence-corrected chi connectivity index (χ2v) is 10.6. The highest BCUT2D eigenvalue weighted by molar-refractivity contribution is 7.18. The predicted octanol–water partition coefficient (Wildman–Crippen LogP) is 1.74. The Morgan fingerprint density at radius 2 is 2.20 bits per heavy atom. The fourth-order valence-corrected chi connectivity index (χ4v) is 2.64. The molecule has 1 heterocycles. The third-order valence-electron chi connectivity index (χ3n) is 1.74. The molecule has 0 aliphatic carbocycles. The van der Waals surface area contributed by atoms with Crippen LogP contribution in [0.25, 0.3) is 0 Å². The van der Waals surface area contributed by atoms with Crippen LogP contribution >= 0.6 is 11.1 Å². The van der Waals surface area contributed by atoms with Crippen LogP contribution in [-0.2, 0) is 6.17 Å². The van der Waals surface area contributed by atoms with E-state index in [1.165, 1.54) is 22.9 Å². The van der Waals surface area contributed by atoms with E-state index >= 15 is 0 Å². The van der Waals surface area contributed by atoms with Crippen molar-refractivity contribution < 1.29 is 4.92 Å². The molecule has 82 valence electrons. The summed E-state index contributed by atoms with van der Waals surface area (Å²) in [6.07, 6.45) is 1.89. The van der Waals surface area contributed by atoms with Crippen LogP contribution in [0.5, 0.6) is 0 Å². The first-order valence-electron chi connectivity index (χ1n) is 4.34. The van der Waals surface area contributed by atoms with E-state index < -0.39 is 23.6 Å². The smallest absolute Gasteiger partial charge is 0.311 e. The Kier molecular flexibility index (Phi) is 3.30. The van der Waals surface area contributed by atoms with E-state index in [1.807, 2.05) is 13.1 Å². The number of aromatic nitrogens is 1. The largest absolute Gasteiger partial charge is 0.334 e. The number of nitro groups is 1. The molecular formula is C8H11ClN2O3Si. The summed E-state index contributed by atoms with van der Waals surface area (Å²) in [6, 6.07) is 2.68. The molecule has 15 heavy (non-hydrogen) atoms. The van der Waals surface area contributed by atoms with Crippen LogP contribution in [0.2, 0.25) is 13.1 Å². The highest BCUT2D eigenvalue weighted by Crippen LogP contribution is 2.10. The Balaban J connectivity index is 3.17. The van der Waals surface area contributed by atoms with E-state index in [-0.39, 0.29) is 0 Å². The average molecular weight is 247 g/mol. The second kappa shape index (κ2) is 4.16. The number of pyridine rings is 1. The molecule has 0 saturated heterocycles. The topological polar surface area (TPSA) is 65.1 Å². The van der Waals surface area contributed by atoms with Gasteiger partial charge in [-0.3, -0.25) is 14.9 Å². The minimum atomic E-state index is -1.97. The van der Waals surface area contributed by atoms with E-state index in [9.17, 15) is 14.9 Å². The summed E-state index contributed by atoms with van der Waals surface area (Å²) in [5, 5.41) is 10.5. The van der Waals surface area contributed by atoms with Crippen molar-refractivity contribution in [3.05, 3.63) is 38.8 Å². The summed E-state index contributed by atoms with van der Waals surface area (Å²) in [5.41, 5.74) is -1.00. The molecule has 0 bridgehead atoms. The molecule has 0 aliphatic heterocycles. The SMILES string of the molecule is C[Si](C)(Cl)Cn1cccc([N+](=O)[O-])c1=O. The molecule has 1 aromatic rings. The van der Waals surface area contributed by atoms with Gasteiger partial charge in [-0.2, -0.15) is 11.1 Å². The van der Waals surface area contributed by atoms with E-state index in [0.29, 0.717) is 6.17 Å². The van der Waals surface area contributed by atoms with Gasteiger partial charge in [-0.05, 0) is 6.07 Å². The summed E-state index contributed by atoms with van der Waals surface area (Å²) in [7, 11) is -1.97. The Morgan fingerprint density at radius 1 is 1.60 bits per heavy atom. The predicted molar refractivity (Wildman–Crippen MR) is 60.7 cm³/mol. The normalized spacial score (nSPS) is 11.4. The highest BCUT2D eigenvalue weighted by atomic mass is 35.6. The lowest BCUT2D eigenvalue weighted by Gasteiger charge is -2.14. The third kappa shape index (κ3) is 3.17. The van der Waals surface area contributed by atoms with E-state index in [0.717, 1.165) is 0 Å². The molecule has 0 fully saturated rings. The first-order chi connectivity index (χ1) is 6.81. The molecule has 0 spiro atoms. The molecule has 0 amide bonds. The fraction of sp³-hybridized carbons (Fsp3) is 0.375. The van der Waals surface area contributed by atoms with Gasteiger partial charge in [0.15, 0.2) is 7.38 Å². The Labute approximate surface area is 92.2 Å². The number of hydrogen-bond donors (Lipinski definition) is 0. The molecule has 5 nitrogen and oxygen atoms in total. The summed E-state index contributed by atoms with van der Waals surface area (Å²) < 4.78 is 1.30. The molecule has 0 aliphatic rings. The van der Waals surface area contributed by atoms with Gasteiger partial charge in [0.1, 0.15) is 0 Å². The van der Waals surface area contributed by atoms with E-state index in [1.54, 1.807) is 0 Å². The van der Waals surface area contributed by atoms with Crippen LogP contribution in [0, 0.1) is 10.1 Å². The van der Waals surface area contributed by atoms with Gasteiger partial charge in [-0.1, -0.05) is 13.1 Å². The van der Waals surface area contributed by atoms with Gasteiger partial charge >= 0.3 is 11.2 Å². The summed E-state index contributed by atoms with van der Waals surface area (Å²) in [4.78, 5) is 21.4. The number of nitrogens with zero attached hydrogens (tertiary/aromatic N) is 2. The maximum atomic E-state index is 11.6. The Bertz CT molecular complexity index is 438. The molecule has 1 aromatic heterocycles. The van der Waals surface area contributed by atoms with Crippen molar-refractivity contribution in [1.29, 1.82) is 0 Å². The van der Waals surface area contributed by atoms with Crippen molar-refractivity contribution in [2.24, 2.45) is 0 Å². The summed E-state index contributed by atoms with van der Waals surface area (Å²) in [6.45, 7) is 3.75. The minimum Gasteiger partial charge on any atom is -0.311 e. The number of halogens is 1. The molecule has 0 atom stereocenters. The minimum absolute atomic E-state index is 0.370. The van der Waals surface area contributed by atoms with Gasteiger partial charge in [-0.15, -0.1) is 0 Å². The van der Waals surface area contributed by atoms with Crippen molar-refractivity contribution in [2.75, 3.05) is 0 Å². The number of hydrogen-bond acceptors (Lipinski definition) is 3. The van der Waals surface area contributed by atoms with Crippen LogP contribution in [0.1, 0.15) is 0 Å². The maximum Gasteiger partial charge on any atom is 0.334 e. The molecular weight excluding hydrogens is 236 g/mol. The van der Waals surface area contributed by atoms with Crippen LogP contribution in [0.4, 0.5) is 5.69 Å². The molecule has 1 rings (SSSR count). The molecule has 0 aromatic carbocycles. The van der Waals surface area contributed by atoms with Crippen LogP contribution < -0.4 is 5.56 Å². The molecule has 7 heteroatoms. The zero-order valence-electron chi connectivity index (χ0n) is 8.44. The van der Waals surface area contributed by atoms with Crippen LogP contribution in [0.3, 0.4) is 0 Å². The fourth-order valence-electron chi connectivity index (χ4n) is 1.19. The zero-order chi connectivity index (χ0) is 11.6. The average Bonchev–Trinajstić information content (AvgIpc) is 2.05. The molecule has 0 saturated carbocycles. The van der Waals surface area contributed by atoms with Crippen molar-refractivity contribution in [3.8, 4) is 0 Å². The van der Waals surface area contributed by atoms with Gasteiger partial charge in [-0.25, -0.2) is 0 Å². The lowest BCUT2D eigenvalue weighted by molar-refractivity contribution is -0.386. The van der Waals surface area contributed by atoms with Crippen molar-refractivity contribution in [1.82, 2.24) is 4.57 Å². The van der Waals surface area contributed by atoms with Gasteiger partial charge in [0, 0.05) is 18.4 Å². The number of rotatable bonds is 3. The zero-order valence-corrected chi connectivity index (χ0v) is 10.2. The van der Waals surface area contributed by atoms with Gasteiger partial charge in [0.2, 0.25) is 0 Å². The molecule has 0 N–H and O–H groups in total. The first kappa shape index (κ1) is 11.9. The van der Waals surface area contributed by atoms with Gasteiger partial charge < -0.3 is 4.57 Å². The lowest BCUT2D eigenvalue weighted by atomic mass is 10.4. The summed E-state index contributed by atoms with van der Waals surface area (Å²) >= 11 is 6.08. The monoisotopic (exact) mass is 246 g/mol. The summed E-state index contributed by atoms with van der Waals surface area (Å²) in [5.74, 6) is 0.